The maximum Gasteiger partial charge on any atom is 0.316 e. The van der Waals surface area contributed by atoms with Crippen molar-refractivity contribution in [2.24, 2.45) is 0 Å². The normalized spacial score (nSPS) is 36.2. The van der Waals surface area contributed by atoms with Crippen LogP contribution < -0.4 is 0 Å². The molecule has 11 atom stereocenters. The highest BCUT2D eigenvalue weighted by Crippen LogP contribution is 2.54. The van der Waals surface area contributed by atoms with Crippen molar-refractivity contribution in [1.82, 2.24) is 0 Å². The van der Waals surface area contributed by atoms with Gasteiger partial charge in [0.25, 0.3) is 0 Å². The fourth-order valence-corrected chi connectivity index (χ4v) is 7.46. The predicted molar refractivity (Wildman–Crippen MR) is 162 cm³/mol. The molecule has 2 heterocycles. The molecule has 2 fully saturated rings. The number of phenolic OH excluding ortho intramolecular Hbond substituents is 2. The van der Waals surface area contributed by atoms with Crippen LogP contribution in [0.25, 0.3) is 0 Å². The molecule has 6 N–H and O–H groups in total. The topological polar surface area (TPSA) is 219 Å². The van der Waals surface area contributed by atoms with Gasteiger partial charge in [0.2, 0.25) is 5.78 Å². The Morgan fingerprint density at radius 2 is 1.60 bits per heavy atom. The summed E-state index contributed by atoms with van der Waals surface area (Å²) in [5.41, 5.74) is -2.74. The molecule has 0 spiro atoms. The molecule has 0 amide bonds. The molecule has 2 aliphatic heterocycles. The van der Waals surface area contributed by atoms with Gasteiger partial charge in [-0.15, -0.1) is 0 Å². The molecule has 6 rings (SSSR count). The van der Waals surface area contributed by atoms with Crippen LogP contribution in [0.1, 0.15) is 101 Å². The Balaban J connectivity index is 1.35. The van der Waals surface area contributed by atoms with Crippen LogP contribution >= 0.6 is 0 Å². The first kappa shape index (κ1) is 34.4. The number of hydrogen-bond donors (Lipinski definition) is 6. The molecule has 10 unspecified atom stereocenters. The van der Waals surface area contributed by atoms with Gasteiger partial charge in [0.15, 0.2) is 18.4 Å². The smallest absolute Gasteiger partial charge is 0.316 e. The first-order valence-corrected chi connectivity index (χ1v) is 16.0. The quantitative estimate of drug-likeness (QED) is 0.204. The lowest BCUT2D eigenvalue weighted by atomic mass is 9.67. The molecule has 2 saturated heterocycles. The van der Waals surface area contributed by atoms with E-state index in [2.05, 4.69) is 0 Å². The summed E-state index contributed by atoms with van der Waals surface area (Å²) in [4.78, 5) is 40.6. The van der Waals surface area contributed by atoms with Crippen LogP contribution in [0.2, 0.25) is 0 Å². The van der Waals surface area contributed by atoms with E-state index in [1.807, 2.05) is 0 Å². The molecule has 2 aliphatic carbocycles. The molecule has 14 heteroatoms. The largest absolute Gasteiger partial charge is 0.507 e. The van der Waals surface area contributed by atoms with E-state index in [0.717, 1.165) is 7.11 Å². The Hall–Kier alpha value is -3.47. The standard InChI is InChI=1S/C34H40O14/c1-5-34(43)12-21(47-22-11-20(37)32(14(3)46-22)48-23-10-19(36)28(38)13(2)45-23)25-16(27(34)33(42)44-4)9-17-26(31(25)41)30(40)24-15(29(17)39)7-6-8-18(24)35/h6-9,13-14,19-23,27-28,32,35-38,41,43H,5,10-12H2,1-4H3/t13?,14?,19?,20?,21?,22?,23?,27?,28?,32?,34-/m1/s1. The van der Waals surface area contributed by atoms with Crippen LogP contribution in [0.15, 0.2) is 24.3 Å². The Labute approximate surface area is 275 Å². The molecule has 0 bridgehead atoms. The van der Waals surface area contributed by atoms with E-state index in [4.69, 9.17) is 23.7 Å². The highest BCUT2D eigenvalue weighted by Gasteiger charge is 2.53. The molecule has 0 aromatic heterocycles. The number of aliphatic hydroxyl groups excluding tert-OH is 3. The molecule has 2 aromatic rings. The van der Waals surface area contributed by atoms with Crippen molar-refractivity contribution < 1.29 is 68.7 Å². The van der Waals surface area contributed by atoms with Gasteiger partial charge in [0, 0.05) is 36.0 Å². The van der Waals surface area contributed by atoms with Crippen molar-refractivity contribution in [1.29, 1.82) is 0 Å². The summed E-state index contributed by atoms with van der Waals surface area (Å²) in [5, 5.41) is 65.4. The van der Waals surface area contributed by atoms with Crippen molar-refractivity contribution in [2.75, 3.05) is 7.11 Å². The van der Waals surface area contributed by atoms with Gasteiger partial charge in [-0.1, -0.05) is 19.1 Å². The maximum absolute atomic E-state index is 13.7. The van der Waals surface area contributed by atoms with Crippen molar-refractivity contribution in [3.8, 4) is 11.5 Å². The van der Waals surface area contributed by atoms with E-state index >= 15 is 0 Å². The van der Waals surface area contributed by atoms with Gasteiger partial charge in [-0.25, -0.2) is 0 Å². The predicted octanol–water partition coefficient (Wildman–Crippen LogP) is 1.47. The number of aromatic hydroxyl groups is 2. The van der Waals surface area contributed by atoms with Crippen LogP contribution in [0.3, 0.4) is 0 Å². The zero-order valence-electron chi connectivity index (χ0n) is 26.9. The fourth-order valence-electron chi connectivity index (χ4n) is 7.46. The van der Waals surface area contributed by atoms with Gasteiger partial charge in [-0.2, -0.15) is 0 Å². The van der Waals surface area contributed by atoms with E-state index in [0.29, 0.717) is 0 Å². The summed E-state index contributed by atoms with van der Waals surface area (Å²) >= 11 is 0. The SMILES string of the molecule is CC[C@@]1(O)CC(OC2CC(O)C(OC3CC(O)C(O)C(C)O3)C(C)O2)c2c(cc3c(c2O)C(=O)c2c(O)cccc2C3=O)C1C(=O)OC. The number of rotatable bonds is 6. The Kier molecular flexibility index (Phi) is 9.15. The second kappa shape index (κ2) is 12.8. The number of esters is 1. The third kappa shape index (κ3) is 5.59. The molecule has 4 aliphatic rings. The second-order valence-corrected chi connectivity index (χ2v) is 13.0. The number of benzene rings is 2. The molecule has 48 heavy (non-hydrogen) atoms. The average Bonchev–Trinajstić information content (AvgIpc) is 3.03. The highest BCUT2D eigenvalue weighted by atomic mass is 16.7. The van der Waals surface area contributed by atoms with Gasteiger partial charge in [-0.3, -0.25) is 14.4 Å². The van der Waals surface area contributed by atoms with Gasteiger partial charge < -0.3 is 54.3 Å². The highest BCUT2D eigenvalue weighted by molar-refractivity contribution is 6.30. The van der Waals surface area contributed by atoms with E-state index < -0.39 is 95.9 Å². The minimum Gasteiger partial charge on any atom is -0.507 e. The summed E-state index contributed by atoms with van der Waals surface area (Å²) in [7, 11) is 1.14. The molecular weight excluding hydrogens is 632 g/mol. The van der Waals surface area contributed by atoms with Crippen LogP contribution in [0.4, 0.5) is 0 Å². The summed E-state index contributed by atoms with van der Waals surface area (Å²) in [6, 6.07) is 5.32. The lowest BCUT2D eigenvalue weighted by Crippen LogP contribution is -2.54. The Morgan fingerprint density at radius 3 is 2.25 bits per heavy atom. The van der Waals surface area contributed by atoms with Crippen molar-refractivity contribution in [2.45, 2.75) is 113 Å². The van der Waals surface area contributed by atoms with Crippen LogP contribution in [-0.4, -0.2) is 110 Å². The first-order valence-electron chi connectivity index (χ1n) is 16.0. The minimum absolute atomic E-state index is 0.0235. The summed E-state index contributed by atoms with van der Waals surface area (Å²) in [5.74, 6) is -4.77. The molecule has 260 valence electrons. The molecule has 0 saturated carbocycles. The maximum atomic E-state index is 13.7. The van der Waals surface area contributed by atoms with Gasteiger partial charge in [-0.05, 0) is 38.0 Å². The van der Waals surface area contributed by atoms with Crippen molar-refractivity contribution in [3.63, 3.8) is 0 Å². The number of hydrogen-bond acceptors (Lipinski definition) is 14. The average molecular weight is 673 g/mol. The zero-order valence-corrected chi connectivity index (χ0v) is 26.9. The Morgan fingerprint density at radius 1 is 0.938 bits per heavy atom. The molecule has 0 radical (unpaired) electrons. The number of ether oxygens (including phenoxy) is 5. The van der Waals surface area contributed by atoms with Crippen molar-refractivity contribution >= 4 is 17.5 Å². The fraction of sp³-hybridized carbons (Fsp3) is 0.559. The zero-order chi connectivity index (χ0) is 34.8. The number of methoxy groups -OCH3 is 1. The van der Waals surface area contributed by atoms with Gasteiger partial charge in [0.1, 0.15) is 29.6 Å². The number of carbonyl (C=O) groups excluding carboxylic acids is 3. The third-order valence-corrected chi connectivity index (χ3v) is 10.1. The van der Waals surface area contributed by atoms with E-state index in [1.54, 1.807) is 20.8 Å². The third-order valence-electron chi connectivity index (χ3n) is 10.1. The number of carbonyl (C=O) groups is 3. The van der Waals surface area contributed by atoms with Gasteiger partial charge >= 0.3 is 5.97 Å². The second-order valence-electron chi connectivity index (χ2n) is 13.0. The van der Waals surface area contributed by atoms with Gasteiger partial charge in [0.05, 0.1) is 54.4 Å². The minimum atomic E-state index is -1.78. The van der Waals surface area contributed by atoms with Crippen LogP contribution in [0.5, 0.6) is 11.5 Å². The lowest BCUT2D eigenvalue weighted by molar-refractivity contribution is -0.318. The molecule has 2 aromatic carbocycles. The van der Waals surface area contributed by atoms with Crippen LogP contribution in [-0.2, 0) is 28.5 Å². The van der Waals surface area contributed by atoms with E-state index in [-0.39, 0.29) is 59.1 Å². The lowest BCUT2D eigenvalue weighted by Gasteiger charge is -2.46. The van der Waals surface area contributed by atoms with Crippen LogP contribution in [0, 0.1) is 0 Å². The molecular formula is C34H40O14. The number of phenols is 2. The monoisotopic (exact) mass is 672 g/mol. The molecule has 14 nitrogen and oxygen atoms in total. The van der Waals surface area contributed by atoms with E-state index in [1.165, 1.54) is 24.3 Å². The number of aliphatic hydroxyl groups is 4. The number of fused-ring (bicyclic) bond motifs is 3. The first-order chi connectivity index (χ1) is 22.7. The van der Waals surface area contributed by atoms with E-state index in [9.17, 15) is 45.0 Å². The number of ketones is 2. The summed E-state index contributed by atoms with van der Waals surface area (Å²) in [6.45, 7) is 4.87. The van der Waals surface area contributed by atoms with Crippen molar-refractivity contribution in [3.05, 3.63) is 57.6 Å². The summed E-state index contributed by atoms with van der Waals surface area (Å²) < 4.78 is 29.0. The summed E-state index contributed by atoms with van der Waals surface area (Å²) in [6.07, 6.45) is -9.35. The Bertz CT molecular complexity index is 1600.